The summed E-state index contributed by atoms with van der Waals surface area (Å²) in [4.78, 5) is 13.2. The normalized spacial score (nSPS) is 16.6. The number of nitrogens with one attached hydrogen (secondary N) is 1. The highest BCUT2D eigenvalue weighted by atomic mass is 32.2. The van der Waals surface area contributed by atoms with Crippen LogP contribution < -0.4 is 5.32 Å². The number of thioether (sulfide) groups is 1. The Bertz CT molecular complexity index is 441. The predicted octanol–water partition coefficient (Wildman–Crippen LogP) is 3.78. The van der Waals surface area contributed by atoms with Crippen LogP contribution in [0.5, 0.6) is 0 Å². The molecule has 1 N–H and O–H groups in total. The van der Waals surface area contributed by atoms with Gasteiger partial charge in [0.1, 0.15) is 0 Å². The number of allylic oxidation sites excluding steroid dienone is 1. The molecule has 0 saturated heterocycles. The number of hydrogen-bond donors (Lipinski definition) is 1. The van der Waals surface area contributed by atoms with Gasteiger partial charge in [0, 0.05) is 11.4 Å². The van der Waals surface area contributed by atoms with E-state index in [0.29, 0.717) is 0 Å². The molecule has 1 atom stereocenters. The van der Waals surface area contributed by atoms with Gasteiger partial charge in [0.2, 0.25) is 5.91 Å². The van der Waals surface area contributed by atoms with Crippen molar-refractivity contribution < 1.29 is 4.79 Å². The second-order valence-corrected chi connectivity index (χ2v) is 6.31. The van der Waals surface area contributed by atoms with Gasteiger partial charge < -0.3 is 5.32 Å². The van der Waals surface area contributed by atoms with Crippen LogP contribution in [0.25, 0.3) is 0 Å². The Morgan fingerprint density at radius 3 is 2.79 bits per heavy atom. The molecule has 2 rings (SSSR count). The molecule has 102 valence electrons. The SMILES string of the molecule is C[C@@H](Sc1ccccc1)C(=O)NCC1=CCCCC1. The number of hydrogen-bond acceptors (Lipinski definition) is 2. The van der Waals surface area contributed by atoms with Crippen molar-refractivity contribution in [1.82, 2.24) is 5.32 Å². The third-order valence-corrected chi connectivity index (χ3v) is 4.41. The quantitative estimate of drug-likeness (QED) is 0.654. The van der Waals surface area contributed by atoms with Crippen molar-refractivity contribution in [1.29, 1.82) is 0 Å². The number of carbonyl (C=O) groups is 1. The fourth-order valence-electron chi connectivity index (χ4n) is 2.17. The maximum Gasteiger partial charge on any atom is 0.233 e. The van der Waals surface area contributed by atoms with Crippen molar-refractivity contribution >= 4 is 17.7 Å². The van der Waals surface area contributed by atoms with Crippen molar-refractivity contribution in [3.63, 3.8) is 0 Å². The molecule has 1 aromatic carbocycles. The van der Waals surface area contributed by atoms with Crippen LogP contribution in [0.1, 0.15) is 32.6 Å². The zero-order valence-electron chi connectivity index (χ0n) is 11.4. The van der Waals surface area contributed by atoms with Gasteiger partial charge in [-0.1, -0.05) is 29.8 Å². The summed E-state index contributed by atoms with van der Waals surface area (Å²) in [6, 6.07) is 10.1. The van der Waals surface area contributed by atoms with E-state index in [0.717, 1.165) is 17.9 Å². The van der Waals surface area contributed by atoms with E-state index in [1.54, 1.807) is 11.8 Å². The lowest BCUT2D eigenvalue weighted by Gasteiger charge is -2.15. The first-order chi connectivity index (χ1) is 9.25. The summed E-state index contributed by atoms with van der Waals surface area (Å²) in [5, 5.41) is 2.99. The Balaban J connectivity index is 1.77. The van der Waals surface area contributed by atoms with Gasteiger partial charge >= 0.3 is 0 Å². The first-order valence-corrected chi connectivity index (χ1v) is 7.81. The average molecular weight is 275 g/mol. The van der Waals surface area contributed by atoms with Gasteiger partial charge in [0.25, 0.3) is 0 Å². The standard InChI is InChI=1S/C16H21NOS/c1-13(19-15-10-6-3-7-11-15)16(18)17-12-14-8-4-2-5-9-14/h3,6-8,10-11,13H,2,4-5,9,12H2,1H3,(H,17,18)/t13-/m1/s1. The molecule has 1 aromatic rings. The monoisotopic (exact) mass is 275 g/mol. The minimum Gasteiger partial charge on any atom is -0.351 e. The zero-order valence-corrected chi connectivity index (χ0v) is 12.2. The Kier molecular flexibility index (Phi) is 5.52. The van der Waals surface area contributed by atoms with Crippen molar-refractivity contribution in [2.45, 2.75) is 42.8 Å². The highest BCUT2D eigenvalue weighted by Crippen LogP contribution is 2.23. The summed E-state index contributed by atoms with van der Waals surface area (Å²) in [7, 11) is 0. The van der Waals surface area contributed by atoms with Crippen LogP contribution >= 0.6 is 11.8 Å². The van der Waals surface area contributed by atoms with Gasteiger partial charge in [-0.25, -0.2) is 0 Å². The number of amides is 1. The summed E-state index contributed by atoms with van der Waals surface area (Å²) < 4.78 is 0. The Morgan fingerprint density at radius 1 is 1.32 bits per heavy atom. The molecular weight excluding hydrogens is 254 g/mol. The van der Waals surface area contributed by atoms with E-state index in [2.05, 4.69) is 11.4 Å². The molecule has 19 heavy (non-hydrogen) atoms. The molecule has 0 aliphatic heterocycles. The Morgan fingerprint density at radius 2 is 2.11 bits per heavy atom. The molecule has 0 bridgehead atoms. The molecule has 2 nitrogen and oxygen atoms in total. The van der Waals surface area contributed by atoms with Crippen LogP contribution in [-0.4, -0.2) is 17.7 Å². The maximum atomic E-state index is 12.0. The second-order valence-electron chi connectivity index (χ2n) is 4.90. The Hall–Kier alpha value is -1.22. The predicted molar refractivity (Wildman–Crippen MR) is 81.3 cm³/mol. The molecule has 0 aromatic heterocycles. The summed E-state index contributed by atoms with van der Waals surface area (Å²) in [5.74, 6) is 0.125. The molecule has 3 heteroatoms. The zero-order chi connectivity index (χ0) is 13.5. The fraction of sp³-hybridized carbons (Fsp3) is 0.438. The third kappa shape index (κ3) is 4.75. The first-order valence-electron chi connectivity index (χ1n) is 6.93. The number of benzene rings is 1. The van der Waals surface area contributed by atoms with Crippen LogP contribution in [0.2, 0.25) is 0 Å². The molecule has 0 heterocycles. The summed E-state index contributed by atoms with van der Waals surface area (Å²) in [6.07, 6.45) is 7.13. The van der Waals surface area contributed by atoms with Crippen molar-refractivity contribution in [3.8, 4) is 0 Å². The molecular formula is C16H21NOS. The van der Waals surface area contributed by atoms with Crippen LogP contribution in [0.3, 0.4) is 0 Å². The van der Waals surface area contributed by atoms with E-state index in [-0.39, 0.29) is 11.2 Å². The molecule has 1 aliphatic carbocycles. The molecule has 0 spiro atoms. The van der Waals surface area contributed by atoms with E-state index in [1.165, 1.54) is 24.8 Å². The van der Waals surface area contributed by atoms with Crippen molar-refractivity contribution in [2.75, 3.05) is 6.54 Å². The van der Waals surface area contributed by atoms with Crippen molar-refractivity contribution in [3.05, 3.63) is 42.0 Å². The summed E-state index contributed by atoms with van der Waals surface area (Å²) in [6.45, 7) is 2.68. The van der Waals surface area contributed by atoms with Crippen LogP contribution in [-0.2, 0) is 4.79 Å². The van der Waals surface area contributed by atoms with E-state index >= 15 is 0 Å². The van der Waals surface area contributed by atoms with Gasteiger partial charge in [-0.15, -0.1) is 11.8 Å². The highest BCUT2D eigenvalue weighted by Gasteiger charge is 2.14. The van der Waals surface area contributed by atoms with Gasteiger partial charge in [0.05, 0.1) is 5.25 Å². The average Bonchev–Trinajstić information content (AvgIpc) is 2.47. The minimum atomic E-state index is -0.0495. The van der Waals surface area contributed by atoms with Crippen LogP contribution in [0, 0.1) is 0 Å². The lowest BCUT2D eigenvalue weighted by atomic mass is 10.00. The Labute approximate surface area is 119 Å². The third-order valence-electron chi connectivity index (χ3n) is 3.30. The van der Waals surface area contributed by atoms with E-state index in [1.807, 2.05) is 37.3 Å². The molecule has 1 amide bonds. The van der Waals surface area contributed by atoms with Crippen LogP contribution in [0.4, 0.5) is 0 Å². The summed E-state index contributed by atoms with van der Waals surface area (Å²) >= 11 is 1.61. The maximum absolute atomic E-state index is 12.0. The van der Waals surface area contributed by atoms with Gasteiger partial charge in [-0.2, -0.15) is 0 Å². The van der Waals surface area contributed by atoms with E-state index < -0.39 is 0 Å². The minimum absolute atomic E-state index is 0.0495. The molecule has 0 saturated carbocycles. The number of rotatable bonds is 5. The molecule has 0 radical (unpaired) electrons. The van der Waals surface area contributed by atoms with Gasteiger partial charge in [-0.3, -0.25) is 4.79 Å². The topological polar surface area (TPSA) is 29.1 Å². The largest absolute Gasteiger partial charge is 0.351 e. The fourth-order valence-corrected chi connectivity index (χ4v) is 3.08. The number of carbonyl (C=O) groups excluding carboxylic acids is 1. The lowest BCUT2D eigenvalue weighted by molar-refractivity contribution is -0.120. The van der Waals surface area contributed by atoms with Gasteiger partial charge in [0.15, 0.2) is 0 Å². The molecule has 1 aliphatic rings. The lowest BCUT2D eigenvalue weighted by Crippen LogP contribution is -2.32. The second kappa shape index (κ2) is 7.39. The van der Waals surface area contributed by atoms with Crippen molar-refractivity contribution in [2.24, 2.45) is 0 Å². The van der Waals surface area contributed by atoms with Gasteiger partial charge in [-0.05, 0) is 44.7 Å². The smallest absolute Gasteiger partial charge is 0.233 e. The van der Waals surface area contributed by atoms with E-state index in [9.17, 15) is 4.79 Å². The van der Waals surface area contributed by atoms with E-state index in [4.69, 9.17) is 0 Å². The summed E-state index contributed by atoms with van der Waals surface area (Å²) in [5.41, 5.74) is 1.39. The molecule has 0 fully saturated rings. The van der Waals surface area contributed by atoms with Crippen LogP contribution in [0.15, 0.2) is 46.9 Å². The molecule has 0 unspecified atom stereocenters. The highest BCUT2D eigenvalue weighted by molar-refractivity contribution is 8.00. The first kappa shape index (κ1) is 14.2.